The van der Waals surface area contributed by atoms with Crippen LogP contribution < -0.4 is 0 Å². The Morgan fingerprint density at radius 3 is 1.00 bits per heavy atom. The Morgan fingerprint density at radius 1 is 0.337 bits per heavy atom. The highest BCUT2D eigenvalue weighted by atomic mass is 16.7. The number of rotatable bonds is 44. The van der Waals surface area contributed by atoms with Crippen molar-refractivity contribution in [3.63, 3.8) is 0 Å². The predicted molar refractivity (Wildman–Crippen MR) is 325 cm³/mol. The highest BCUT2D eigenvalue weighted by Crippen LogP contribution is 2.35. The molecule has 0 aromatic carbocycles. The van der Waals surface area contributed by atoms with Crippen LogP contribution in [0.4, 0.5) is 0 Å². The van der Waals surface area contributed by atoms with Gasteiger partial charge in [0.15, 0.2) is 7.85 Å². The molecule has 558 valence electrons. The van der Waals surface area contributed by atoms with Crippen molar-refractivity contribution < 1.29 is 173 Å². The third kappa shape index (κ3) is 23.1. The topological polar surface area (TPSA) is 543 Å². The van der Waals surface area contributed by atoms with Gasteiger partial charge in [0, 0.05) is 61.6 Å². The average Bonchev–Trinajstić information content (AvgIpc) is 0.858. The summed E-state index contributed by atoms with van der Waals surface area (Å²) < 4.78 is 87.2. The Morgan fingerprint density at radius 2 is 0.663 bits per heavy atom. The van der Waals surface area contributed by atoms with Crippen molar-refractivity contribution in [2.75, 3.05) is 153 Å². The lowest BCUT2D eigenvalue weighted by Gasteiger charge is -2.45. The average molecular weight is 1390 g/mol. The van der Waals surface area contributed by atoms with E-state index in [9.17, 15) is 102 Å². The number of ether oxygens (including phenoxy) is 15. The molecule has 95 heavy (non-hydrogen) atoms. The normalized spacial score (nSPS) is 39.0. The Labute approximate surface area is 553 Å². The first-order chi connectivity index (χ1) is 45.5. The minimum Gasteiger partial charge on any atom is -0.394 e. The number of methoxy groups -OCH3 is 2. The predicted octanol–water partition coefficient (Wildman–Crippen LogP) is -13.1. The fraction of sp³-hybridized carbons (Fsp3) is 1.00. The van der Waals surface area contributed by atoms with Gasteiger partial charge in [-0.2, -0.15) is 0 Å². The van der Waals surface area contributed by atoms with Gasteiger partial charge >= 0.3 is 0 Å². The molecule has 29 unspecified atom stereocenters. The lowest BCUT2D eigenvalue weighted by molar-refractivity contribution is -0.258. The molecule has 0 spiro atoms. The molecule has 37 heteroatoms. The Kier molecular flexibility index (Phi) is 38.2. The summed E-state index contributed by atoms with van der Waals surface area (Å²) in [4.78, 5) is 0. The second-order valence-corrected chi connectivity index (χ2v) is 25.3. The molecule has 0 aromatic heterocycles. The molecule has 33 atom stereocenters. The molecule has 0 aliphatic carbocycles. The first kappa shape index (κ1) is 84.4. The zero-order chi connectivity index (χ0) is 70.2. The maximum atomic E-state index is 11.8. The molecule has 0 aromatic rings. The molecule has 5 saturated heterocycles. The highest BCUT2D eigenvalue weighted by molar-refractivity contribution is 6.11. The van der Waals surface area contributed by atoms with Crippen molar-refractivity contribution in [3.05, 3.63) is 0 Å². The molecule has 5 fully saturated rings. The second-order valence-electron chi connectivity index (χ2n) is 25.3. The van der Waals surface area contributed by atoms with Crippen molar-refractivity contribution in [2.24, 2.45) is 41.4 Å². The van der Waals surface area contributed by atoms with Gasteiger partial charge in [0.05, 0.1) is 224 Å². The van der Waals surface area contributed by atoms with E-state index in [1.165, 1.54) is 22.1 Å². The number of hydrogen-bond acceptors (Lipinski definition) is 35. The van der Waals surface area contributed by atoms with E-state index in [4.69, 9.17) is 71.1 Å². The second kappa shape index (κ2) is 43.0. The quantitative estimate of drug-likeness (QED) is 0.0199. The van der Waals surface area contributed by atoms with E-state index in [0.29, 0.717) is 6.42 Å². The first-order valence-corrected chi connectivity index (χ1v) is 32.6. The van der Waals surface area contributed by atoms with E-state index in [-0.39, 0.29) is 52.9 Å². The van der Waals surface area contributed by atoms with Crippen molar-refractivity contribution in [2.45, 2.75) is 172 Å². The maximum Gasteiger partial charge on any atom is 0.174 e. The summed E-state index contributed by atoms with van der Waals surface area (Å²) in [6.45, 7) is -7.34. The molecule has 0 saturated carbocycles. The van der Waals surface area contributed by atoms with E-state index >= 15 is 0 Å². The van der Waals surface area contributed by atoms with Crippen LogP contribution in [-0.2, 0) is 71.1 Å². The van der Waals surface area contributed by atoms with E-state index in [0.717, 1.165) is 0 Å². The summed E-state index contributed by atoms with van der Waals surface area (Å²) in [6, 6.07) is -0.740. The smallest absolute Gasteiger partial charge is 0.174 e. The van der Waals surface area contributed by atoms with Gasteiger partial charge in [-0.1, -0.05) is 6.92 Å². The van der Waals surface area contributed by atoms with Crippen LogP contribution in [0.3, 0.4) is 0 Å². The molecule has 20 N–H and O–H groups in total. The molecule has 0 amide bonds. The molecule has 5 heterocycles. The molecular weight excluding hydrogens is 1280 g/mol. The van der Waals surface area contributed by atoms with Crippen LogP contribution in [0.1, 0.15) is 13.3 Å². The standard InChI is InChI=1S/C58H110B2O35/c1-4-26-35(7-63)89-43(54(77)48(26)71)20-83-16-30-39(11-67)92-45(56(79)50(30)73)22-86-18-32-41(24-88-58(60)95-37(9-65)28(34(70)6-62)14-87-25-47(59)94-36(8-64)27(13-81-2)33(69)5-61)93-46(57(80)52(32)75)23-85-17-31-40(12-68)91-44(55(78)51(31)74)21-84-15-29-38(10-66)90-42(19-82-3)53(76)49(29)72/h26-58,61-80H,4-25,59-60H2,1-3H3/t26?,27?,28?,29?,30?,31?,32?,33-,34-,35?,36?,37?,38?,39?,40?,41?,42?,43?,44?,45?,46?,47+,48?,49?,50?,51?,52?,53?,54?,55?,56?,57?,58-/m0/s1. The monoisotopic (exact) mass is 1390 g/mol. The zero-order valence-electron chi connectivity index (χ0n) is 54.7. The number of hydrogen-bond donors (Lipinski definition) is 20. The molecule has 0 radical (unpaired) electrons. The molecule has 5 aliphatic heterocycles. The van der Waals surface area contributed by atoms with Gasteiger partial charge in [0.1, 0.15) is 75.1 Å². The van der Waals surface area contributed by atoms with Gasteiger partial charge in [-0.05, 0) is 6.42 Å². The van der Waals surface area contributed by atoms with Gasteiger partial charge in [-0.3, -0.25) is 0 Å². The van der Waals surface area contributed by atoms with E-state index in [1.807, 2.05) is 0 Å². The maximum absolute atomic E-state index is 11.8. The van der Waals surface area contributed by atoms with E-state index < -0.39 is 286 Å². The van der Waals surface area contributed by atoms with Crippen LogP contribution in [0.15, 0.2) is 0 Å². The van der Waals surface area contributed by atoms with E-state index in [2.05, 4.69) is 0 Å². The van der Waals surface area contributed by atoms with Gasteiger partial charge < -0.3 is 173 Å². The zero-order valence-corrected chi connectivity index (χ0v) is 54.7. The Bertz CT molecular complexity index is 2020. The molecule has 0 bridgehead atoms. The largest absolute Gasteiger partial charge is 0.394 e. The fourth-order valence-electron chi connectivity index (χ4n) is 13.0. The van der Waals surface area contributed by atoms with Gasteiger partial charge in [-0.25, -0.2) is 0 Å². The van der Waals surface area contributed by atoms with Crippen molar-refractivity contribution in [1.82, 2.24) is 0 Å². The van der Waals surface area contributed by atoms with E-state index in [1.54, 1.807) is 14.8 Å². The lowest BCUT2D eigenvalue weighted by atomic mass is 9.85. The Balaban J connectivity index is 1.24. The van der Waals surface area contributed by atoms with Gasteiger partial charge in [0.25, 0.3) is 0 Å². The van der Waals surface area contributed by atoms with Crippen molar-refractivity contribution in [3.8, 4) is 0 Å². The first-order valence-electron chi connectivity index (χ1n) is 32.6. The number of aliphatic hydroxyl groups is 20. The van der Waals surface area contributed by atoms with Crippen LogP contribution in [0.25, 0.3) is 0 Å². The number of aliphatic hydroxyl groups excluding tert-OH is 20. The van der Waals surface area contributed by atoms with Crippen LogP contribution in [0.2, 0.25) is 0 Å². The Hall–Kier alpha value is -1.27. The van der Waals surface area contributed by atoms with Crippen LogP contribution in [0.5, 0.6) is 0 Å². The summed E-state index contributed by atoms with van der Waals surface area (Å²) in [6.07, 6.45) is -32.2. The van der Waals surface area contributed by atoms with Crippen LogP contribution in [0, 0.1) is 41.4 Å². The molecule has 35 nitrogen and oxygen atoms in total. The fourth-order valence-corrected chi connectivity index (χ4v) is 13.0. The third-order valence-electron chi connectivity index (χ3n) is 18.8. The SMILES string of the molecule is B[C@@H](OCC1OC(COCC2C(CO)OC(COCC3C(CO)OC(COC)C(O)C3O)C(O)C2O)C(O)C(O)C1COCC1OC(CO)C(COCC2OC(CO)C(CC)C(O)C2O)C(O)C1O)OC(CO)C(COC[C@H](B)OC(CO)C(COC)[C@@H](O)CO)[C@@H](O)CO. The summed E-state index contributed by atoms with van der Waals surface area (Å²) in [7, 11) is 5.78. The summed E-state index contributed by atoms with van der Waals surface area (Å²) in [5, 5.41) is 214. The third-order valence-corrected chi connectivity index (χ3v) is 18.8. The summed E-state index contributed by atoms with van der Waals surface area (Å²) in [5.41, 5.74) is 0. The highest BCUT2D eigenvalue weighted by Gasteiger charge is 2.51. The summed E-state index contributed by atoms with van der Waals surface area (Å²) in [5.74, 6) is -6.69. The van der Waals surface area contributed by atoms with Crippen LogP contribution in [-0.4, -0.2) is 429 Å². The molecular formula is C58H110B2O35. The minimum absolute atomic E-state index is 0.0541. The summed E-state index contributed by atoms with van der Waals surface area (Å²) >= 11 is 0. The molecule has 5 aliphatic rings. The molecule has 5 rings (SSSR count). The minimum atomic E-state index is -1.72. The van der Waals surface area contributed by atoms with Crippen LogP contribution >= 0.6 is 0 Å². The van der Waals surface area contributed by atoms with Crippen molar-refractivity contribution in [1.29, 1.82) is 0 Å². The lowest BCUT2D eigenvalue weighted by Crippen LogP contribution is -2.60. The van der Waals surface area contributed by atoms with Gasteiger partial charge in [-0.15, -0.1) is 0 Å². The van der Waals surface area contributed by atoms with Crippen molar-refractivity contribution >= 4 is 15.7 Å². The van der Waals surface area contributed by atoms with Gasteiger partial charge in [0.2, 0.25) is 0 Å².